The lowest BCUT2D eigenvalue weighted by atomic mass is 9.82. The molecule has 0 aliphatic carbocycles. The summed E-state index contributed by atoms with van der Waals surface area (Å²) in [6, 6.07) is 2.01. The van der Waals surface area contributed by atoms with Crippen LogP contribution in [0.3, 0.4) is 0 Å². The standard InChI is InChI=1S/C16H21BN4O7/c18-8-20-15(23)11(19)7-21-5-10(6-21)28-12-2-1-9(3-4-17(26)27)14(22)13(12)16(24)25/h1-2,10-11,22,26-27H,3-7,19H2,(H,20,23)(H,24,25). The van der Waals surface area contributed by atoms with E-state index in [4.69, 9.17) is 25.8 Å². The number of carboxylic acids is 1. The smallest absolute Gasteiger partial charge is 0.451 e. The van der Waals surface area contributed by atoms with Gasteiger partial charge in [-0.05, 0) is 24.4 Å². The van der Waals surface area contributed by atoms with Gasteiger partial charge in [0.2, 0.25) is 0 Å². The van der Waals surface area contributed by atoms with Gasteiger partial charge in [0, 0.05) is 19.6 Å². The Morgan fingerprint density at radius 2 is 2.11 bits per heavy atom. The molecule has 1 saturated heterocycles. The molecule has 0 saturated carbocycles. The highest BCUT2D eigenvalue weighted by Crippen LogP contribution is 2.33. The number of rotatable bonds is 9. The molecular weight excluding hydrogens is 371 g/mol. The fourth-order valence-corrected chi connectivity index (χ4v) is 2.84. The number of carboxylic acid groups (broad SMARTS) is 1. The van der Waals surface area contributed by atoms with E-state index in [9.17, 15) is 19.8 Å². The SMILES string of the molecule is N#CNC(=O)C(N)CN1CC(Oc2ccc(CCB(O)O)c(O)c2C(=O)O)C1. The van der Waals surface area contributed by atoms with Crippen molar-refractivity contribution in [2.45, 2.75) is 24.9 Å². The van der Waals surface area contributed by atoms with Crippen LogP contribution in [0.5, 0.6) is 11.5 Å². The van der Waals surface area contributed by atoms with Crippen LogP contribution >= 0.6 is 0 Å². The highest BCUT2D eigenvalue weighted by molar-refractivity contribution is 6.41. The summed E-state index contributed by atoms with van der Waals surface area (Å²) in [6.07, 6.45) is 1.19. The summed E-state index contributed by atoms with van der Waals surface area (Å²) >= 11 is 0. The number of hydrogen-bond acceptors (Lipinski definition) is 9. The van der Waals surface area contributed by atoms with Crippen LogP contribution in [0, 0.1) is 11.5 Å². The minimum Gasteiger partial charge on any atom is -0.507 e. The van der Waals surface area contributed by atoms with E-state index in [1.54, 1.807) is 0 Å². The van der Waals surface area contributed by atoms with Crippen LogP contribution in [0.4, 0.5) is 0 Å². The number of ether oxygens (including phenoxy) is 1. The van der Waals surface area contributed by atoms with E-state index in [1.807, 2.05) is 10.2 Å². The number of aryl methyl sites for hydroxylation is 1. The number of nitrogens with two attached hydrogens (primary N) is 1. The highest BCUT2D eigenvalue weighted by atomic mass is 16.5. The average molecular weight is 392 g/mol. The predicted molar refractivity (Wildman–Crippen MR) is 96.4 cm³/mol. The summed E-state index contributed by atoms with van der Waals surface area (Å²) in [5.74, 6) is -2.44. The van der Waals surface area contributed by atoms with Crippen LogP contribution in [0.25, 0.3) is 0 Å². The molecule has 11 nitrogen and oxygen atoms in total. The first-order valence-corrected chi connectivity index (χ1v) is 8.50. The number of carbonyl (C=O) groups is 2. The molecule has 1 unspecified atom stereocenters. The molecule has 150 valence electrons. The third kappa shape index (κ3) is 5.34. The van der Waals surface area contributed by atoms with Crippen LogP contribution < -0.4 is 15.8 Å². The molecule has 1 aliphatic rings. The van der Waals surface area contributed by atoms with E-state index in [0.29, 0.717) is 13.1 Å². The van der Waals surface area contributed by atoms with Gasteiger partial charge in [-0.2, -0.15) is 5.26 Å². The van der Waals surface area contributed by atoms with Gasteiger partial charge >= 0.3 is 13.1 Å². The van der Waals surface area contributed by atoms with Gasteiger partial charge in [0.15, 0.2) is 6.19 Å². The van der Waals surface area contributed by atoms with Gasteiger partial charge in [-0.15, -0.1) is 0 Å². The molecular formula is C16H21BN4O7. The number of phenols is 1. The second-order valence-electron chi connectivity index (χ2n) is 6.44. The maximum Gasteiger partial charge on any atom is 0.451 e. The van der Waals surface area contributed by atoms with Gasteiger partial charge in [0.1, 0.15) is 23.2 Å². The van der Waals surface area contributed by atoms with Crippen molar-refractivity contribution in [2.75, 3.05) is 19.6 Å². The molecule has 1 heterocycles. The molecule has 1 aromatic rings. The van der Waals surface area contributed by atoms with Crippen molar-refractivity contribution >= 4 is 19.0 Å². The normalized spacial score (nSPS) is 15.2. The Balaban J connectivity index is 1.98. The first-order valence-electron chi connectivity index (χ1n) is 8.50. The molecule has 1 amide bonds. The van der Waals surface area contributed by atoms with Gasteiger partial charge in [-0.1, -0.05) is 6.07 Å². The topological polar surface area (TPSA) is 189 Å². The molecule has 2 rings (SSSR count). The summed E-state index contributed by atoms with van der Waals surface area (Å²) in [5, 5.41) is 47.8. The number of amides is 1. The quantitative estimate of drug-likeness (QED) is 0.157. The van der Waals surface area contributed by atoms with Crippen LogP contribution in [0.15, 0.2) is 12.1 Å². The van der Waals surface area contributed by atoms with Crippen molar-refractivity contribution in [3.05, 3.63) is 23.3 Å². The number of carbonyl (C=O) groups excluding carboxylic acids is 1. The Labute approximate surface area is 161 Å². The van der Waals surface area contributed by atoms with Gasteiger partial charge < -0.3 is 30.7 Å². The summed E-state index contributed by atoms with van der Waals surface area (Å²) in [5.41, 5.74) is 5.54. The van der Waals surface area contributed by atoms with E-state index >= 15 is 0 Å². The Morgan fingerprint density at radius 1 is 1.43 bits per heavy atom. The van der Waals surface area contributed by atoms with Crippen molar-refractivity contribution in [3.8, 4) is 17.7 Å². The third-order valence-corrected chi connectivity index (χ3v) is 4.30. The molecule has 1 atom stereocenters. The van der Waals surface area contributed by atoms with E-state index < -0.39 is 36.3 Å². The molecule has 1 aromatic carbocycles. The summed E-state index contributed by atoms with van der Waals surface area (Å²) in [7, 11) is -1.56. The van der Waals surface area contributed by atoms with Gasteiger partial charge in [0.25, 0.3) is 5.91 Å². The van der Waals surface area contributed by atoms with E-state index in [0.717, 1.165) is 0 Å². The molecule has 0 radical (unpaired) electrons. The first-order chi connectivity index (χ1) is 13.2. The monoisotopic (exact) mass is 392 g/mol. The third-order valence-electron chi connectivity index (χ3n) is 4.30. The molecule has 1 aliphatic heterocycles. The number of nitriles is 1. The number of benzene rings is 1. The van der Waals surface area contributed by atoms with Crippen LogP contribution in [-0.4, -0.2) is 75.9 Å². The zero-order valence-corrected chi connectivity index (χ0v) is 14.9. The zero-order valence-electron chi connectivity index (χ0n) is 14.9. The summed E-state index contributed by atoms with van der Waals surface area (Å²) in [6.45, 7) is 1.00. The molecule has 0 aromatic heterocycles. The van der Waals surface area contributed by atoms with Crippen molar-refractivity contribution < 1.29 is 34.6 Å². The number of hydrogen-bond donors (Lipinski definition) is 6. The van der Waals surface area contributed by atoms with Crippen LogP contribution in [-0.2, 0) is 11.2 Å². The van der Waals surface area contributed by atoms with Crippen LogP contribution in [0.1, 0.15) is 15.9 Å². The Hall–Kier alpha value is -2.85. The maximum absolute atomic E-state index is 11.5. The largest absolute Gasteiger partial charge is 0.507 e. The van der Waals surface area contributed by atoms with Crippen molar-refractivity contribution in [2.24, 2.45) is 5.73 Å². The lowest BCUT2D eigenvalue weighted by Gasteiger charge is -2.40. The van der Waals surface area contributed by atoms with Crippen molar-refractivity contribution in [1.82, 2.24) is 10.2 Å². The van der Waals surface area contributed by atoms with Gasteiger partial charge in [-0.3, -0.25) is 15.0 Å². The van der Waals surface area contributed by atoms with E-state index in [-0.39, 0.29) is 36.7 Å². The lowest BCUT2D eigenvalue weighted by molar-refractivity contribution is -0.122. The minimum absolute atomic E-state index is 0.00512. The molecule has 7 N–H and O–H groups in total. The highest BCUT2D eigenvalue weighted by Gasteiger charge is 2.32. The summed E-state index contributed by atoms with van der Waals surface area (Å²) < 4.78 is 5.65. The minimum atomic E-state index is -1.56. The van der Waals surface area contributed by atoms with E-state index in [2.05, 4.69) is 0 Å². The Morgan fingerprint density at radius 3 is 2.68 bits per heavy atom. The second kappa shape index (κ2) is 9.38. The zero-order chi connectivity index (χ0) is 20.8. The van der Waals surface area contributed by atoms with Crippen molar-refractivity contribution in [1.29, 1.82) is 5.26 Å². The maximum atomic E-state index is 11.5. The van der Waals surface area contributed by atoms with Gasteiger partial charge in [-0.25, -0.2) is 4.79 Å². The summed E-state index contributed by atoms with van der Waals surface area (Å²) in [4.78, 5) is 24.8. The number of nitrogens with zero attached hydrogens (tertiary/aromatic N) is 2. The molecule has 1 fully saturated rings. The number of likely N-dealkylation sites (tertiary alicyclic amines) is 1. The lowest BCUT2D eigenvalue weighted by Crippen LogP contribution is -2.58. The number of aromatic hydroxyl groups is 1. The number of aromatic carboxylic acids is 1. The van der Waals surface area contributed by atoms with Crippen LogP contribution in [0.2, 0.25) is 6.32 Å². The second-order valence-corrected chi connectivity index (χ2v) is 6.44. The molecule has 28 heavy (non-hydrogen) atoms. The molecule has 0 spiro atoms. The average Bonchev–Trinajstić information content (AvgIpc) is 2.58. The first kappa shape index (κ1) is 21.5. The molecule has 0 bridgehead atoms. The number of nitrogens with one attached hydrogen (secondary N) is 1. The predicted octanol–water partition coefficient (Wildman–Crippen LogP) is -1.91. The van der Waals surface area contributed by atoms with E-state index in [1.165, 1.54) is 18.3 Å². The van der Waals surface area contributed by atoms with Crippen molar-refractivity contribution in [3.63, 3.8) is 0 Å². The fraction of sp³-hybridized carbons (Fsp3) is 0.438. The Bertz CT molecular complexity index is 777. The van der Waals surface area contributed by atoms with Gasteiger partial charge in [0.05, 0.1) is 6.04 Å². The fourth-order valence-electron chi connectivity index (χ4n) is 2.84. The Kier molecular flexibility index (Phi) is 7.19. The molecule has 12 heteroatoms.